The summed E-state index contributed by atoms with van der Waals surface area (Å²) >= 11 is 0. The molecule has 2 fully saturated rings. The van der Waals surface area contributed by atoms with Gasteiger partial charge in [-0.25, -0.2) is 4.79 Å². The Kier molecular flexibility index (Phi) is 6.10. The van der Waals surface area contributed by atoms with Gasteiger partial charge in [-0.2, -0.15) is 0 Å². The molecule has 2 amide bonds. The van der Waals surface area contributed by atoms with Crippen molar-refractivity contribution in [3.05, 3.63) is 35.9 Å². The predicted octanol–water partition coefficient (Wildman–Crippen LogP) is 2.82. The topological polar surface area (TPSA) is 59.6 Å². The highest BCUT2D eigenvalue weighted by Gasteiger charge is 2.30. The molecular formula is C19H28N2O3. The fourth-order valence-electron chi connectivity index (χ4n) is 3.63. The van der Waals surface area contributed by atoms with Crippen LogP contribution in [0.2, 0.25) is 0 Å². The van der Waals surface area contributed by atoms with Crippen molar-refractivity contribution in [3.63, 3.8) is 0 Å². The molecule has 5 nitrogen and oxygen atoms in total. The molecule has 0 radical (unpaired) electrons. The van der Waals surface area contributed by atoms with Gasteiger partial charge in [-0.05, 0) is 31.7 Å². The van der Waals surface area contributed by atoms with Gasteiger partial charge in [0.1, 0.15) is 0 Å². The summed E-state index contributed by atoms with van der Waals surface area (Å²) in [5.41, 5.74) is 1.32. The molecule has 3 rings (SSSR count). The fourth-order valence-corrected chi connectivity index (χ4v) is 3.63. The Morgan fingerprint density at radius 2 is 2.12 bits per heavy atom. The largest absolute Gasteiger partial charge is 0.379 e. The average Bonchev–Trinajstić information content (AvgIpc) is 3.25. The SMILES string of the molecule is C[C@H](CO[C@H]1CCOC1)NC(=O)N[C@@H]1CCC[C@H]1c1ccccc1. The first-order chi connectivity index (χ1) is 11.7. The van der Waals surface area contributed by atoms with E-state index in [0.29, 0.717) is 19.1 Å². The van der Waals surface area contributed by atoms with Crippen LogP contribution in [-0.2, 0) is 9.47 Å². The molecule has 2 aliphatic rings. The fraction of sp³-hybridized carbons (Fsp3) is 0.632. The first-order valence-electron chi connectivity index (χ1n) is 9.03. The zero-order valence-corrected chi connectivity index (χ0v) is 14.4. The van der Waals surface area contributed by atoms with Crippen LogP contribution in [-0.4, -0.2) is 44.0 Å². The van der Waals surface area contributed by atoms with Crippen LogP contribution < -0.4 is 10.6 Å². The maximum Gasteiger partial charge on any atom is 0.315 e. The number of benzene rings is 1. The standard InChI is InChI=1S/C19H28N2O3/c1-14(12-24-16-10-11-23-13-16)20-19(22)21-18-9-5-8-17(18)15-6-3-2-4-7-15/h2-4,6-7,14,16-18H,5,8-13H2,1H3,(H2,20,21,22)/t14-,16+,17+,18-/m1/s1. The lowest BCUT2D eigenvalue weighted by atomic mass is 9.94. The van der Waals surface area contributed by atoms with Crippen molar-refractivity contribution in [1.29, 1.82) is 0 Å². The highest BCUT2D eigenvalue weighted by atomic mass is 16.5. The molecule has 4 atom stereocenters. The number of hydrogen-bond acceptors (Lipinski definition) is 3. The maximum absolute atomic E-state index is 12.3. The quantitative estimate of drug-likeness (QED) is 0.842. The molecule has 0 bridgehead atoms. The Hall–Kier alpha value is -1.59. The second-order valence-electron chi connectivity index (χ2n) is 6.89. The first kappa shape index (κ1) is 17.2. The van der Waals surface area contributed by atoms with Crippen molar-refractivity contribution >= 4 is 6.03 Å². The lowest BCUT2D eigenvalue weighted by Crippen LogP contribution is -2.47. The minimum atomic E-state index is -0.0957. The summed E-state index contributed by atoms with van der Waals surface area (Å²) in [4.78, 5) is 12.3. The Labute approximate surface area is 144 Å². The van der Waals surface area contributed by atoms with Gasteiger partial charge < -0.3 is 20.1 Å². The molecule has 132 valence electrons. The number of nitrogens with one attached hydrogen (secondary N) is 2. The molecule has 0 unspecified atom stereocenters. The van der Waals surface area contributed by atoms with E-state index in [1.807, 2.05) is 13.0 Å². The Morgan fingerprint density at radius 3 is 2.88 bits per heavy atom. The van der Waals surface area contributed by atoms with Crippen molar-refractivity contribution in [1.82, 2.24) is 10.6 Å². The third-order valence-electron chi connectivity index (χ3n) is 4.91. The second-order valence-corrected chi connectivity index (χ2v) is 6.89. The first-order valence-corrected chi connectivity index (χ1v) is 9.03. The summed E-state index contributed by atoms with van der Waals surface area (Å²) in [5, 5.41) is 6.14. The van der Waals surface area contributed by atoms with Gasteiger partial charge in [-0.1, -0.05) is 36.8 Å². The molecule has 1 aliphatic heterocycles. The Morgan fingerprint density at radius 1 is 1.29 bits per heavy atom. The van der Waals surface area contributed by atoms with E-state index < -0.39 is 0 Å². The van der Waals surface area contributed by atoms with Crippen molar-refractivity contribution in [2.45, 2.75) is 56.7 Å². The molecular weight excluding hydrogens is 304 g/mol. The van der Waals surface area contributed by atoms with E-state index in [0.717, 1.165) is 32.3 Å². The van der Waals surface area contributed by atoms with Crippen molar-refractivity contribution in [2.24, 2.45) is 0 Å². The molecule has 24 heavy (non-hydrogen) atoms. The van der Waals surface area contributed by atoms with Gasteiger partial charge in [0.25, 0.3) is 0 Å². The van der Waals surface area contributed by atoms with Gasteiger partial charge >= 0.3 is 6.03 Å². The van der Waals surface area contributed by atoms with Crippen LogP contribution >= 0.6 is 0 Å². The summed E-state index contributed by atoms with van der Waals surface area (Å²) in [6.07, 6.45) is 4.45. The monoisotopic (exact) mass is 332 g/mol. The molecule has 1 heterocycles. The molecule has 1 saturated heterocycles. The molecule has 0 spiro atoms. The summed E-state index contributed by atoms with van der Waals surface area (Å²) in [5.74, 6) is 0.416. The molecule has 0 aromatic heterocycles. The highest BCUT2D eigenvalue weighted by Crippen LogP contribution is 2.34. The molecule has 1 aromatic rings. The van der Waals surface area contributed by atoms with Crippen LogP contribution in [0, 0.1) is 0 Å². The molecule has 1 aromatic carbocycles. The average molecular weight is 332 g/mol. The molecule has 2 N–H and O–H groups in total. The zero-order chi connectivity index (χ0) is 16.8. The number of carbonyl (C=O) groups is 1. The number of hydrogen-bond donors (Lipinski definition) is 2. The molecule has 1 aliphatic carbocycles. The van der Waals surface area contributed by atoms with E-state index >= 15 is 0 Å². The third kappa shape index (κ3) is 4.71. The molecule has 1 saturated carbocycles. The number of carbonyl (C=O) groups excluding carboxylic acids is 1. The minimum absolute atomic E-state index is 0.0119. The van der Waals surface area contributed by atoms with Gasteiger partial charge in [-0.3, -0.25) is 0 Å². The van der Waals surface area contributed by atoms with Gasteiger partial charge in [0.05, 0.1) is 25.4 Å². The lowest BCUT2D eigenvalue weighted by molar-refractivity contribution is 0.0337. The van der Waals surface area contributed by atoms with E-state index in [9.17, 15) is 4.79 Å². The van der Waals surface area contributed by atoms with Gasteiger partial charge in [0.2, 0.25) is 0 Å². The summed E-state index contributed by atoms with van der Waals surface area (Å²) in [6.45, 7) is 3.93. The van der Waals surface area contributed by atoms with Gasteiger partial charge in [0.15, 0.2) is 0 Å². The van der Waals surface area contributed by atoms with E-state index in [2.05, 4.69) is 34.9 Å². The second kappa shape index (κ2) is 8.49. The van der Waals surface area contributed by atoms with Crippen LogP contribution in [0.5, 0.6) is 0 Å². The number of rotatable bonds is 6. The minimum Gasteiger partial charge on any atom is -0.379 e. The van der Waals surface area contributed by atoms with E-state index in [-0.39, 0.29) is 24.2 Å². The Balaban J connectivity index is 1.43. The highest BCUT2D eigenvalue weighted by molar-refractivity contribution is 5.74. The number of urea groups is 1. The van der Waals surface area contributed by atoms with E-state index in [1.54, 1.807) is 0 Å². The summed E-state index contributed by atoms with van der Waals surface area (Å²) in [6, 6.07) is 10.6. The van der Waals surface area contributed by atoms with Crippen molar-refractivity contribution < 1.29 is 14.3 Å². The van der Waals surface area contributed by atoms with Gasteiger partial charge in [-0.15, -0.1) is 0 Å². The van der Waals surface area contributed by atoms with Crippen LogP contribution in [0.25, 0.3) is 0 Å². The van der Waals surface area contributed by atoms with E-state index in [1.165, 1.54) is 5.56 Å². The predicted molar refractivity (Wildman–Crippen MR) is 93.1 cm³/mol. The van der Waals surface area contributed by atoms with Crippen LogP contribution in [0.1, 0.15) is 44.1 Å². The van der Waals surface area contributed by atoms with E-state index in [4.69, 9.17) is 9.47 Å². The van der Waals surface area contributed by atoms with Crippen LogP contribution in [0.15, 0.2) is 30.3 Å². The smallest absolute Gasteiger partial charge is 0.315 e. The number of amides is 2. The van der Waals surface area contributed by atoms with Crippen LogP contribution in [0.4, 0.5) is 4.79 Å². The zero-order valence-electron chi connectivity index (χ0n) is 14.4. The lowest BCUT2D eigenvalue weighted by Gasteiger charge is -2.23. The number of ether oxygens (including phenoxy) is 2. The third-order valence-corrected chi connectivity index (χ3v) is 4.91. The van der Waals surface area contributed by atoms with Gasteiger partial charge in [0, 0.05) is 18.6 Å². The molecule has 5 heteroatoms. The maximum atomic E-state index is 12.3. The summed E-state index contributed by atoms with van der Waals surface area (Å²) < 4.78 is 11.0. The Bertz CT molecular complexity index is 517. The summed E-state index contributed by atoms with van der Waals surface area (Å²) in [7, 11) is 0. The normalized spacial score (nSPS) is 27.8. The van der Waals surface area contributed by atoms with Crippen molar-refractivity contribution in [3.8, 4) is 0 Å². The van der Waals surface area contributed by atoms with Crippen molar-refractivity contribution in [2.75, 3.05) is 19.8 Å². The van der Waals surface area contributed by atoms with Crippen LogP contribution in [0.3, 0.4) is 0 Å².